The van der Waals surface area contributed by atoms with Crippen LogP contribution >= 0.6 is 11.6 Å². The normalized spacial score (nSPS) is 21.7. The first-order valence-corrected chi connectivity index (χ1v) is 10.00. The minimum Gasteiger partial charge on any atom is -0.436 e. The number of piperidine rings is 1. The predicted octanol–water partition coefficient (Wildman–Crippen LogP) is 4.07. The van der Waals surface area contributed by atoms with Gasteiger partial charge in [-0.15, -0.1) is 0 Å². The Kier molecular flexibility index (Phi) is 5.23. The largest absolute Gasteiger partial charge is 0.436 e. The lowest BCUT2D eigenvalue weighted by Crippen LogP contribution is -2.53. The van der Waals surface area contributed by atoms with Gasteiger partial charge in [0.1, 0.15) is 17.4 Å². The van der Waals surface area contributed by atoms with E-state index in [-0.39, 0.29) is 41.3 Å². The topological polar surface area (TPSA) is 102 Å². The number of fused-ring (bicyclic) bond motifs is 2. The predicted molar refractivity (Wildman–Crippen MR) is 106 cm³/mol. The molecular formula is C19H18ClF4N5O3. The summed E-state index contributed by atoms with van der Waals surface area (Å²) in [6.45, 7) is 0.830. The number of benzene rings is 1. The van der Waals surface area contributed by atoms with E-state index >= 15 is 0 Å². The van der Waals surface area contributed by atoms with Crippen molar-refractivity contribution >= 4 is 35.1 Å². The molecule has 0 radical (unpaired) electrons. The van der Waals surface area contributed by atoms with Crippen LogP contribution in [0.15, 0.2) is 18.3 Å². The third-order valence-corrected chi connectivity index (χ3v) is 6.01. The van der Waals surface area contributed by atoms with Crippen molar-refractivity contribution in [1.29, 1.82) is 0 Å². The van der Waals surface area contributed by atoms with Crippen molar-refractivity contribution < 1.29 is 31.9 Å². The third kappa shape index (κ3) is 3.51. The molecule has 2 aliphatic heterocycles. The number of nitrogens with zero attached hydrogens (tertiary/aromatic N) is 3. The molecule has 2 atom stereocenters. The number of nitrogen functional groups attached to an aromatic ring is 1. The lowest BCUT2D eigenvalue weighted by Gasteiger charge is -2.45. The molecule has 1 fully saturated rings. The van der Waals surface area contributed by atoms with E-state index in [9.17, 15) is 27.2 Å². The van der Waals surface area contributed by atoms with E-state index in [2.05, 4.69) is 10.4 Å². The van der Waals surface area contributed by atoms with Crippen LogP contribution in [0.4, 0.5) is 33.9 Å². The number of amides is 2. The van der Waals surface area contributed by atoms with Crippen LogP contribution in [0, 0.1) is 5.82 Å². The van der Waals surface area contributed by atoms with Crippen molar-refractivity contribution in [2.24, 2.45) is 0 Å². The Morgan fingerprint density at radius 2 is 2.12 bits per heavy atom. The van der Waals surface area contributed by atoms with Crippen LogP contribution in [0.1, 0.15) is 41.7 Å². The highest BCUT2D eigenvalue weighted by molar-refractivity contribution is 6.31. The van der Waals surface area contributed by atoms with Crippen molar-refractivity contribution in [3.05, 3.63) is 40.3 Å². The highest BCUT2D eigenvalue weighted by Crippen LogP contribution is 2.45. The minimum atomic E-state index is -4.61. The van der Waals surface area contributed by atoms with Gasteiger partial charge in [-0.1, -0.05) is 11.6 Å². The van der Waals surface area contributed by atoms with Crippen LogP contribution in [0.2, 0.25) is 5.02 Å². The number of hydrogen-bond donors (Lipinski definition) is 2. The highest BCUT2D eigenvalue weighted by atomic mass is 35.5. The van der Waals surface area contributed by atoms with Gasteiger partial charge in [0.05, 0.1) is 29.0 Å². The number of likely N-dealkylation sites (tertiary alicyclic amines) is 1. The van der Waals surface area contributed by atoms with E-state index < -0.39 is 41.5 Å². The highest BCUT2D eigenvalue weighted by Gasteiger charge is 2.49. The number of hydrogen-bond acceptors (Lipinski definition) is 5. The summed E-state index contributed by atoms with van der Waals surface area (Å²) in [7, 11) is 0. The molecule has 13 heteroatoms. The summed E-state index contributed by atoms with van der Waals surface area (Å²) in [5.41, 5.74) is 4.24. The zero-order valence-corrected chi connectivity index (χ0v) is 17.4. The van der Waals surface area contributed by atoms with Gasteiger partial charge in [-0.3, -0.25) is 10.1 Å². The van der Waals surface area contributed by atoms with E-state index in [0.29, 0.717) is 11.1 Å². The molecule has 3 N–H and O–H groups in total. The van der Waals surface area contributed by atoms with Gasteiger partial charge in [0.25, 0.3) is 5.91 Å². The summed E-state index contributed by atoms with van der Waals surface area (Å²) < 4.78 is 60.1. The molecule has 0 unspecified atom stereocenters. The molecule has 32 heavy (non-hydrogen) atoms. The van der Waals surface area contributed by atoms with E-state index in [1.165, 1.54) is 17.0 Å². The average molecular weight is 476 g/mol. The van der Waals surface area contributed by atoms with Gasteiger partial charge in [-0.2, -0.15) is 18.3 Å². The van der Waals surface area contributed by atoms with E-state index in [4.69, 9.17) is 22.1 Å². The molecule has 4 rings (SSSR count). The molecule has 0 bridgehead atoms. The number of ether oxygens (including phenoxy) is 1. The molecule has 8 nitrogen and oxygen atoms in total. The first-order valence-electron chi connectivity index (χ1n) is 9.62. The van der Waals surface area contributed by atoms with Gasteiger partial charge in [-0.05, 0) is 31.9 Å². The van der Waals surface area contributed by atoms with Crippen molar-refractivity contribution in [3.8, 4) is 0 Å². The van der Waals surface area contributed by atoms with Crippen LogP contribution in [-0.4, -0.2) is 45.9 Å². The number of carbonyl (C=O) groups is 2. The van der Waals surface area contributed by atoms with Gasteiger partial charge < -0.3 is 15.4 Å². The van der Waals surface area contributed by atoms with Gasteiger partial charge >= 0.3 is 12.3 Å². The fourth-order valence-electron chi connectivity index (χ4n) is 4.10. The molecule has 1 aromatic heterocycles. The molecule has 2 aromatic rings. The van der Waals surface area contributed by atoms with Gasteiger partial charge in [0.2, 0.25) is 0 Å². The standard InChI is InChI=1S/C19H18ClF4N5O3/c1-9(19(22,23)24)29-15(25)10(7-26-29)16(30)28-6-2-5-18(8-28)13-12(27-17(31)32-18)4-3-11(20)14(13)21/h3-4,7,9H,2,5-6,8,25H2,1H3,(H,27,31)/t9-,18+/m1/s1. The monoisotopic (exact) mass is 475 g/mol. The summed E-state index contributed by atoms with van der Waals surface area (Å²) >= 11 is 5.93. The third-order valence-electron chi connectivity index (χ3n) is 5.72. The Morgan fingerprint density at radius 3 is 2.81 bits per heavy atom. The Hall–Kier alpha value is -3.02. The first kappa shape index (κ1) is 22.2. The first-order chi connectivity index (χ1) is 14.9. The van der Waals surface area contributed by atoms with Crippen LogP contribution in [0.25, 0.3) is 0 Å². The van der Waals surface area contributed by atoms with Gasteiger partial charge in [0.15, 0.2) is 11.4 Å². The van der Waals surface area contributed by atoms with Crippen molar-refractivity contribution in [2.45, 2.75) is 37.6 Å². The summed E-state index contributed by atoms with van der Waals surface area (Å²) in [6.07, 6.45) is -3.92. The van der Waals surface area contributed by atoms with E-state index in [0.717, 1.165) is 13.1 Å². The second-order valence-electron chi connectivity index (χ2n) is 7.73. The molecule has 3 heterocycles. The van der Waals surface area contributed by atoms with Crippen LogP contribution in [0.5, 0.6) is 0 Å². The Bertz CT molecular complexity index is 1110. The Morgan fingerprint density at radius 1 is 1.41 bits per heavy atom. The molecule has 0 saturated carbocycles. The fourth-order valence-corrected chi connectivity index (χ4v) is 4.26. The Labute approximate surface area is 184 Å². The van der Waals surface area contributed by atoms with Crippen molar-refractivity contribution in [3.63, 3.8) is 0 Å². The number of nitrogens with one attached hydrogen (secondary N) is 1. The van der Waals surface area contributed by atoms with E-state index in [1.54, 1.807) is 0 Å². The minimum absolute atomic E-state index is 0.0106. The maximum Gasteiger partial charge on any atom is 0.412 e. The van der Waals surface area contributed by atoms with Gasteiger partial charge in [-0.25, -0.2) is 13.9 Å². The number of aromatic nitrogens is 2. The second kappa shape index (κ2) is 7.54. The lowest BCUT2D eigenvalue weighted by atomic mass is 9.83. The molecule has 172 valence electrons. The molecular weight excluding hydrogens is 458 g/mol. The molecule has 2 amide bonds. The number of alkyl halides is 3. The lowest BCUT2D eigenvalue weighted by molar-refractivity contribution is -0.164. The maximum absolute atomic E-state index is 15.0. The quantitative estimate of drug-likeness (QED) is 0.637. The molecule has 1 saturated heterocycles. The fraction of sp³-hybridized carbons (Fsp3) is 0.421. The summed E-state index contributed by atoms with van der Waals surface area (Å²) in [5, 5.41) is 5.86. The molecule has 2 aliphatic rings. The van der Waals surface area contributed by atoms with Gasteiger partial charge in [0, 0.05) is 6.54 Å². The summed E-state index contributed by atoms with van der Waals surface area (Å²) in [6, 6.07) is 0.687. The number of rotatable bonds is 2. The average Bonchev–Trinajstić information content (AvgIpc) is 3.09. The number of anilines is 2. The zero-order valence-electron chi connectivity index (χ0n) is 16.7. The number of nitrogens with two attached hydrogens (primary N) is 1. The van der Waals surface area contributed by atoms with Crippen molar-refractivity contribution in [1.82, 2.24) is 14.7 Å². The SMILES string of the molecule is C[C@@H](n1ncc(C(=O)N2CCC[C@@]3(C2)OC(=O)Nc2ccc(Cl)c(F)c23)c1N)C(F)(F)F. The number of halogens is 5. The van der Waals surface area contributed by atoms with Crippen LogP contribution in [0.3, 0.4) is 0 Å². The molecule has 1 spiro atoms. The number of carbonyl (C=O) groups excluding carboxylic acids is 2. The molecule has 0 aliphatic carbocycles. The zero-order chi connectivity index (χ0) is 23.4. The van der Waals surface area contributed by atoms with Crippen LogP contribution in [-0.2, 0) is 10.3 Å². The second-order valence-corrected chi connectivity index (χ2v) is 8.14. The van der Waals surface area contributed by atoms with Crippen LogP contribution < -0.4 is 11.1 Å². The smallest absolute Gasteiger partial charge is 0.412 e. The molecule has 1 aromatic carbocycles. The Balaban J connectivity index is 1.68. The summed E-state index contributed by atoms with van der Waals surface area (Å²) in [5.74, 6) is -1.94. The van der Waals surface area contributed by atoms with E-state index in [1.807, 2.05) is 0 Å². The van der Waals surface area contributed by atoms with Crippen molar-refractivity contribution in [2.75, 3.05) is 24.1 Å². The summed E-state index contributed by atoms with van der Waals surface area (Å²) in [4.78, 5) is 26.5. The maximum atomic E-state index is 15.0.